The van der Waals surface area contributed by atoms with Crippen LogP contribution in [0.1, 0.15) is 54.4 Å². The van der Waals surface area contributed by atoms with E-state index in [0.29, 0.717) is 0 Å². The first-order valence-electron chi connectivity index (χ1n) is 12.2. The summed E-state index contributed by atoms with van der Waals surface area (Å²) in [7, 11) is -0.509. The predicted molar refractivity (Wildman–Crippen MR) is 141 cm³/mol. The summed E-state index contributed by atoms with van der Waals surface area (Å²) in [5.74, 6) is 0.732. The molecule has 1 saturated heterocycles. The molecule has 178 valence electrons. The van der Waals surface area contributed by atoms with Gasteiger partial charge in [0.25, 0.3) is 0 Å². The first-order valence-corrected chi connectivity index (χ1v) is 12.2. The van der Waals surface area contributed by atoms with Crippen molar-refractivity contribution in [3.8, 4) is 11.1 Å². The maximum Gasteiger partial charge on any atom is 0.495 e. The Morgan fingerprint density at radius 1 is 0.743 bits per heavy atom. The van der Waals surface area contributed by atoms with Gasteiger partial charge in [-0.2, -0.15) is 0 Å². The van der Waals surface area contributed by atoms with Crippen LogP contribution in [0.5, 0.6) is 0 Å². The van der Waals surface area contributed by atoms with E-state index in [-0.39, 0.29) is 5.41 Å². The summed E-state index contributed by atoms with van der Waals surface area (Å²) in [6.45, 7) is 14.6. The smallest absolute Gasteiger partial charge is 0.456 e. The van der Waals surface area contributed by atoms with Gasteiger partial charge in [0.15, 0.2) is 5.58 Å². The first-order chi connectivity index (χ1) is 16.4. The largest absolute Gasteiger partial charge is 0.495 e. The van der Waals surface area contributed by atoms with Crippen LogP contribution in [0.15, 0.2) is 63.4 Å². The van der Waals surface area contributed by atoms with Crippen molar-refractivity contribution in [2.24, 2.45) is 0 Å². The normalized spacial score (nSPS) is 17.7. The monoisotopic (exact) mass is 467 g/mol. The molecule has 1 aliphatic heterocycles. The second-order valence-electron chi connectivity index (χ2n) is 11.6. The van der Waals surface area contributed by atoms with Crippen LogP contribution >= 0.6 is 0 Å². The summed E-state index contributed by atoms with van der Waals surface area (Å²) in [4.78, 5) is 4.68. The number of fused-ring (bicyclic) bond motifs is 4. The molecule has 0 aliphatic carbocycles. The summed E-state index contributed by atoms with van der Waals surface area (Å²) in [5.41, 5.74) is 5.24. The van der Waals surface area contributed by atoms with Crippen LogP contribution in [-0.4, -0.2) is 23.3 Å². The van der Waals surface area contributed by atoms with E-state index in [4.69, 9.17) is 18.1 Å². The van der Waals surface area contributed by atoms with E-state index in [1.54, 1.807) is 0 Å². The van der Waals surface area contributed by atoms with Crippen LogP contribution in [0.25, 0.3) is 44.2 Å². The fraction of sp³-hybridized carbons (Fsp3) is 0.345. The fourth-order valence-corrected chi connectivity index (χ4v) is 4.63. The molecule has 0 saturated carbocycles. The van der Waals surface area contributed by atoms with E-state index in [1.165, 1.54) is 0 Å². The molecular weight excluding hydrogens is 437 g/mol. The molecule has 1 aliphatic rings. The van der Waals surface area contributed by atoms with Gasteiger partial charge in [-0.05, 0) is 68.6 Å². The van der Waals surface area contributed by atoms with E-state index in [2.05, 4.69) is 83.8 Å². The predicted octanol–water partition coefficient (Wildman–Crippen LogP) is 6.99. The maximum absolute atomic E-state index is 6.49. The average Bonchev–Trinajstić information content (AvgIpc) is 3.43. The second kappa shape index (κ2) is 7.22. The van der Waals surface area contributed by atoms with Crippen molar-refractivity contribution in [1.82, 2.24) is 4.98 Å². The molecule has 6 heteroatoms. The van der Waals surface area contributed by atoms with Gasteiger partial charge in [0.05, 0.1) is 11.2 Å². The quantitative estimate of drug-likeness (QED) is 0.262. The highest BCUT2D eigenvalue weighted by molar-refractivity contribution is 6.66. The van der Waals surface area contributed by atoms with Gasteiger partial charge in [-0.15, -0.1) is 0 Å². The lowest BCUT2D eigenvalue weighted by Gasteiger charge is -2.32. The number of furan rings is 1. The minimum atomic E-state index is -0.509. The van der Waals surface area contributed by atoms with Crippen LogP contribution in [0.4, 0.5) is 0 Å². The Labute approximate surface area is 205 Å². The van der Waals surface area contributed by atoms with Crippen molar-refractivity contribution in [1.29, 1.82) is 0 Å². The molecule has 0 unspecified atom stereocenters. The number of para-hydroxylation sites is 1. The average molecular weight is 467 g/mol. The molecule has 0 N–H and O–H groups in total. The van der Waals surface area contributed by atoms with Gasteiger partial charge >= 0.3 is 7.12 Å². The molecule has 0 amide bonds. The number of benzene rings is 3. The fourth-order valence-electron chi connectivity index (χ4n) is 4.63. The summed E-state index contributed by atoms with van der Waals surface area (Å²) in [6.07, 6.45) is 0. The highest BCUT2D eigenvalue weighted by Crippen LogP contribution is 2.39. The topological polar surface area (TPSA) is 57.6 Å². The molecule has 6 rings (SSSR count). The third-order valence-electron chi connectivity index (χ3n) is 7.38. The minimum Gasteiger partial charge on any atom is -0.456 e. The number of nitrogens with zero attached hydrogens (tertiary/aromatic N) is 1. The maximum atomic E-state index is 6.49. The Balaban J connectivity index is 1.56. The molecule has 0 atom stereocenters. The third-order valence-corrected chi connectivity index (χ3v) is 7.38. The van der Waals surface area contributed by atoms with Crippen molar-refractivity contribution in [2.45, 2.75) is 65.1 Å². The Morgan fingerprint density at radius 2 is 1.43 bits per heavy atom. The molecular formula is C29H30BNO4. The number of oxazole rings is 1. The first kappa shape index (κ1) is 22.4. The standard InChI is InChI=1S/C29H30BNO4/c1-27(2,3)26-31-21-13-12-17(15-23(21)33-26)18-14-20(30-34-28(4,5)29(6,7)35-30)25-19-10-8-9-11-22(19)32-24(25)16-18/h8-16H,1-7H3. The SMILES string of the molecule is CC(C)(C)c1nc2ccc(-c3cc(B4OC(C)(C)C(C)(C)O4)c4c(c3)oc3ccccc34)cc2o1. The number of hydrogen-bond acceptors (Lipinski definition) is 5. The summed E-state index contributed by atoms with van der Waals surface area (Å²) >= 11 is 0. The number of aromatic nitrogens is 1. The van der Waals surface area contributed by atoms with Crippen LogP contribution in [0.2, 0.25) is 0 Å². The molecule has 35 heavy (non-hydrogen) atoms. The molecule has 1 fully saturated rings. The number of hydrogen-bond donors (Lipinski definition) is 0. The van der Waals surface area contributed by atoms with E-state index >= 15 is 0 Å². The zero-order valence-electron chi connectivity index (χ0n) is 21.4. The van der Waals surface area contributed by atoms with Gasteiger partial charge in [0.2, 0.25) is 5.89 Å². The third kappa shape index (κ3) is 3.50. The van der Waals surface area contributed by atoms with Crippen molar-refractivity contribution in [3.63, 3.8) is 0 Å². The van der Waals surface area contributed by atoms with Gasteiger partial charge in [0, 0.05) is 16.2 Å². The lowest BCUT2D eigenvalue weighted by molar-refractivity contribution is 0.00578. The van der Waals surface area contributed by atoms with E-state index in [0.717, 1.165) is 55.5 Å². The highest BCUT2D eigenvalue weighted by atomic mass is 16.7. The van der Waals surface area contributed by atoms with Crippen LogP contribution in [0, 0.1) is 0 Å². The summed E-state index contributed by atoms with van der Waals surface area (Å²) in [5, 5.41) is 2.08. The van der Waals surface area contributed by atoms with Gasteiger partial charge in [0.1, 0.15) is 16.7 Å². The van der Waals surface area contributed by atoms with Gasteiger partial charge in [-0.1, -0.05) is 51.1 Å². The van der Waals surface area contributed by atoms with E-state index in [9.17, 15) is 0 Å². The molecule has 5 nitrogen and oxygen atoms in total. The van der Waals surface area contributed by atoms with Gasteiger partial charge in [-0.25, -0.2) is 4.98 Å². The Hall–Kier alpha value is -3.09. The summed E-state index contributed by atoms with van der Waals surface area (Å²) in [6, 6.07) is 18.5. The molecule has 2 aromatic heterocycles. The van der Waals surface area contributed by atoms with Gasteiger partial charge in [-0.3, -0.25) is 0 Å². The van der Waals surface area contributed by atoms with Crippen molar-refractivity contribution in [2.75, 3.05) is 0 Å². The van der Waals surface area contributed by atoms with Crippen molar-refractivity contribution in [3.05, 3.63) is 60.5 Å². The van der Waals surface area contributed by atoms with Crippen LogP contribution < -0.4 is 5.46 Å². The molecule has 3 heterocycles. The zero-order valence-corrected chi connectivity index (χ0v) is 21.4. The highest BCUT2D eigenvalue weighted by Gasteiger charge is 2.52. The van der Waals surface area contributed by atoms with Crippen molar-refractivity contribution >= 4 is 45.6 Å². The molecule has 0 spiro atoms. The molecule has 5 aromatic rings. The second-order valence-corrected chi connectivity index (χ2v) is 11.6. The molecule has 3 aromatic carbocycles. The Bertz CT molecular complexity index is 1590. The zero-order chi connectivity index (χ0) is 24.8. The van der Waals surface area contributed by atoms with E-state index < -0.39 is 18.3 Å². The lowest BCUT2D eigenvalue weighted by atomic mass is 9.75. The van der Waals surface area contributed by atoms with Crippen LogP contribution in [-0.2, 0) is 14.7 Å². The van der Waals surface area contributed by atoms with Crippen LogP contribution in [0.3, 0.4) is 0 Å². The number of rotatable bonds is 2. The Morgan fingerprint density at radius 3 is 2.14 bits per heavy atom. The Kier molecular flexibility index (Phi) is 4.62. The van der Waals surface area contributed by atoms with Gasteiger partial charge < -0.3 is 18.1 Å². The molecule has 0 radical (unpaired) electrons. The minimum absolute atomic E-state index is 0.156. The lowest BCUT2D eigenvalue weighted by Crippen LogP contribution is -2.41. The van der Waals surface area contributed by atoms with Crippen molar-refractivity contribution < 1.29 is 18.1 Å². The van der Waals surface area contributed by atoms with E-state index in [1.807, 2.05) is 24.3 Å². The molecule has 0 bridgehead atoms. The summed E-state index contributed by atoms with van der Waals surface area (Å²) < 4.78 is 25.4.